The fraction of sp³-hybridized carbons (Fsp3) is 0.412. The molecular weight excluding hydrogens is 529 g/mol. The summed E-state index contributed by atoms with van der Waals surface area (Å²) in [6, 6.07) is 21.3. The molecule has 1 heterocycles. The Balaban J connectivity index is 1.21. The fourth-order valence-electron chi connectivity index (χ4n) is 5.74. The number of hydrogen-bond donors (Lipinski definition) is 2. The average molecular weight is 570 g/mol. The third-order valence-electron chi connectivity index (χ3n) is 8.52. The number of benzene rings is 3. The minimum Gasteiger partial charge on any atom is -0.368 e. The van der Waals surface area contributed by atoms with Gasteiger partial charge in [-0.3, -0.25) is 9.59 Å². The number of carbonyl (C=O) groups is 2. The Morgan fingerprint density at radius 2 is 1.55 bits per heavy atom. The zero-order valence-corrected chi connectivity index (χ0v) is 24.1. The number of rotatable bonds is 11. The van der Waals surface area contributed by atoms with E-state index in [0.29, 0.717) is 19.6 Å². The Kier molecular flexibility index (Phi) is 8.42. The molecule has 220 valence electrons. The summed E-state index contributed by atoms with van der Waals surface area (Å²) in [5, 5.41) is 3.23. The third kappa shape index (κ3) is 6.76. The lowest BCUT2D eigenvalue weighted by atomic mass is 10.0. The van der Waals surface area contributed by atoms with Crippen LogP contribution in [0.5, 0.6) is 0 Å². The molecule has 0 radical (unpaired) electrons. The van der Waals surface area contributed by atoms with Gasteiger partial charge >= 0.3 is 0 Å². The van der Waals surface area contributed by atoms with Gasteiger partial charge in [0.1, 0.15) is 5.82 Å². The molecule has 42 heavy (non-hydrogen) atoms. The van der Waals surface area contributed by atoms with Gasteiger partial charge in [0.15, 0.2) is 0 Å². The van der Waals surface area contributed by atoms with Crippen molar-refractivity contribution in [3.8, 4) is 11.1 Å². The first kappa shape index (κ1) is 28.2. The maximum Gasteiger partial charge on any atom is 0.227 e. The number of amides is 2. The van der Waals surface area contributed by atoms with Crippen molar-refractivity contribution in [1.29, 1.82) is 0 Å². The van der Waals surface area contributed by atoms with E-state index in [1.165, 1.54) is 12.1 Å². The summed E-state index contributed by atoms with van der Waals surface area (Å²) in [5.41, 5.74) is 11.8. The highest BCUT2D eigenvalue weighted by atomic mass is 19.1. The molecule has 0 unspecified atom stereocenters. The first-order chi connectivity index (χ1) is 20.5. The summed E-state index contributed by atoms with van der Waals surface area (Å²) in [7, 11) is 0. The minimum atomic E-state index is -0.227. The molecule has 0 bridgehead atoms. The molecule has 0 atom stereocenters. The molecule has 3 aromatic carbocycles. The van der Waals surface area contributed by atoms with Crippen LogP contribution in [-0.2, 0) is 16.1 Å². The molecule has 7 nitrogen and oxygen atoms in total. The first-order valence-corrected chi connectivity index (χ1v) is 15.3. The van der Waals surface area contributed by atoms with Crippen LogP contribution in [0.25, 0.3) is 11.1 Å². The second-order valence-electron chi connectivity index (χ2n) is 11.8. The van der Waals surface area contributed by atoms with E-state index in [1.54, 1.807) is 0 Å². The van der Waals surface area contributed by atoms with Crippen molar-refractivity contribution in [3.05, 3.63) is 78.1 Å². The number of nitrogens with two attached hydrogens (primary N) is 1. The molecular formula is C34H40FN5O2. The highest BCUT2D eigenvalue weighted by Gasteiger charge is 2.33. The van der Waals surface area contributed by atoms with Crippen molar-refractivity contribution in [3.63, 3.8) is 0 Å². The van der Waals surface area contributed by atoms with Crippen LogP contribution in [0.3, 0.4) is 0 Å². The van der Waals surface area contributed by atoms with E-state index >= 15 is 0 Å². The topological polar surface area (TPSA) is 81.9 Å². The molecule has 8 heteroatoms. The highest BCUT2D eigenvalue weighted by molar-refractivity contribution is 5.98. The largest absolute Gasteiger partial charge is 0.368 e. The number of piperazine rings is 1. The van der Waals surface area contributed by atoms with Crippen LogP contribution in [0.15, 0.2) is 66.7 Å². The van der Waals surface area contributed by atoms with Crippen LogP contribution in [0.4, 0.5) is 21.5 Å². The molecule has 2 aliphatic carbocycles. The summed E-state index contributed by atoms with van der Waals surface area (Å²) < 4.78 is 13.4. The minimum absolute atomic E-state index is 0.0845. The summed E-state index contributed by atoms with van der Waals surface area (Å²) in [4.78, 5) is 32.3. The molecule has 1 saturated heterocycles. The lowest BCUT2D eigenvalue weighted by molar-refractivity contribution is -0.133. The number of halogens is 1. The van der Waals surface area contributed by atoms with Crippen molar-refractivity contribution in [2.75, 3.05) is 54.4 Å². The van der Waals surface area contributed by atoms with Gasteiger partial charge in [-0.15, -0.1) is 0 Å². The molecule has 0 aromatic heterocycles. The van der Waals surface area contributed by atoms with E-state index in [4.69, 9.17) is 5.73 Å². The predicted octanol–water partition coefficient (Wildman–Crippen LogP) is 5.26. The molecule has 1 aliphatic heterocycles. The van der Waals surface area contributed by atoms with E-state index in [0.717, 1.165) is 92.0 Å². The zero-order valence-electron chi connectivity index (χ0n) is 24.1. The van der Waals surface area contributed by atoms with Crippen LogP contribution in [0, 0.1) is 17.7 Å². The summed E-state index contributed by atoms with van der Waals surface area (Å²) >= 11 is 0. The molecule has 2 saturated carbocycles. The highest BCUT2D eigenvalue weighted by Crippen LogP contribution is 2.36. The number of nitrogens with one attached hydrogen (secondary N) is 1. The second-order valence-corrected chi connectivity index (χ2v) is 11.8. The zero-order chi connectivity index (χ0) is 29.1. The Bertz CT molecular complexity index is 1410. The number of anilines is 3. The Hall–Kier alpha value is -3.91. The van der Waals surface area contributed by atoms with Crippen molar-refractivity contribution in [2.45, 2.75) is 38.6 Å². The maximum atomic E-state index is 13.4. The van der Waals surface area contributed by atoms with Gasteiger partial charge in [0.2, 0.25) is 11.8 Å². The van der Waals surface area contributed by atoms with Crippen molar-refractivity contribution in [2.24, 2.45) is 17.6 Å². The SMILES string of the molecule is NCCCN(Cc1cccc(-c2ccc(N3CCN(c4ccc(F)cc4)CC3)c(NC(=O)C3CC3)c2)c1)C(=O)C1CC1. The summed E-state index contributed by atoms with van der Waals surface area (Å²) in [6.07, 6.45) is 4.66. The van der Waals surface area contributed by atoms with E-state index in [-0.39, 0.29) is 29.5 Å². The Labute approximate surface area is 247 Å². The van der Waals surface area contributed by atoms with Gasteiger partial charge in [-0.2, -0.15) is 0 Å². The van der Waals surface area contributed by atoms with Gasteiger partial charge in [0.05, 0.1) is 11.4 Å². The summed E-state index contributed by atoms with van der Waals surface area (Å²) in [6.45, 7) is 5.04. The van der Waals surface area contributed by atoms with E-state index in [9.17, 15) is 14.0 Å². The van der Waals surface area contributed by atoms with Gasteiger partial charge in [-0.05, 0) is 97.8 Å². The van der Waals surface area contributed by atoms with Gasteiger partial charge in [-0.25, -0.2) is 4.39 Å². The van der Waals surface area contributed by atoms with Gasteiger partial charge < -0.3 is 25.8 Å². The van der Waals surface area contributed by atoms with Crippen molar-refractivity contribution < 1.29 is 14.0 Å². The van der Waals surface area contributed by atoms with Gasteiger partial charge in [0.25, 0.3) is 0 Å². The molecule has 3 N–H and O–H groups in total. The molecule has 2 amide bonds. The lowest BCUT2D eigenvalue weighted by Crippen LogP contribution is -2.46. The second kappa shape index (κ2) is 12.5. The monoisotopic (exact) mass is 569 g/mol. The molecule has 6 rings (SSSR count). The van der Waals surface area contributed by atoms with Crippen LogP contribution >= 0.6 is 0 Å². The van der Waals surface area contributed by atoms with E-state index < -0.39 is 0 Å². The van der Waals surface area contributed by atoms with Crippen LogP contribution in [0.1, 0.15) is 37.7 Å². The molecule has 3 aromatic rings. The normalized spacial score (nSPS) is 16.8. The number of nitrogens with zero attached hydrogens (tertiary/aromatic N) is 3. The van der Waals surface area contributed by atoms with Crippen LogP contribution in [-0.4, -0.2) is 56.0 Å². The maximum absolute atomic E-state index is 13.4. The number of hydrogen-bond acceptors (Lipinski definition) is 5. The van der Waals surface area contributed by atoms with Crippen molar-refractivity contribution >= 4 is 28.9 Å². The van der Waals surface area contributed by atoms with E-state index in [1.807, 2.05) is 23.1 Å². The van der Waals surface area contributed by atoms with Crippen LogP contribution in [0.2, 0.25) is 0 Å². The van der Waals surface area contributed by atoms with Gasteiger partial charge in [-0.1, -0.05) is 24.3 Å². The smallest absolute Gasteiger partial charge is 0.227 e. The number of carbonyl (C=O) groups excluding carboxylic acids is 2. The quantitative estimate of drug-likeness (QED) is 0.330. The Morgan fingerprint density at radius 3 is 2.24 bits per heavy atom. The standard InChI is InChI=1S/C34H40FN5O2/c35-29-10-12-30(13-11-29)38-17-19-39(20-18-38)32-14-9-28(22-31(32)37-33(41)25-5-6-25)27-4-1-3-24(21-27)23-40(16-2-15-36)34(42)26-7-8-26/h1,3-4,9-14,21-22,25-26H,2,5-8,15-20,23,36H2,(H,37,41). The summed E-state index contributed by atoms with van der Waals surface area (Å²) in [5.74, 6) is 0.371. The molecule has 3 fully saturated rings. The molecule has 3 aliphatic rings. The Morgan fingerprint density at radius 1 is 0.857 bits per heavy atom. The first-order valence-electron chi connectivity index (χ1n) is 15.3. The fourth-order valence-corrected chi connectivity index (χ4v) is 5.74. The molecule has 0 spiro atoms. The van der Waals surface area contributed by atoms with Crippen LogP contribution < -0.4 is 20.9 Å². The third-order valence-corrected chi connectivity index (χ3v) is 8.52. The average Bonchev–Trinajstić information content (AvgIpc) is 3.93. The lowest BCUT2D eigenvalue weighted by Gasteiger charge is -2.38. The van der Waals surface area contributed by atoms with Crippen molar-refractivity contribution in [1.82, 2.24) is 4.90 Å². The van der Waals surface area contributed by atoms with E-state index in [2.05, 4.69) is 51.5 Å². The van der Waals surface area contributed by atoms with Gasteiger partial charge in [0, 0.05) is 56.8 Å². The predicted molar refractivity (Wildman–Crippen MR) is 166 cm³/mol.